The molecule has 5 aromatic rings. The molecule has 0 saturated carbocycles. The van der Waals surface area contributed by atoms with Crippen LogP contribution in [0.2, 0.25) is 10.0 Å². The van der Waals surface area contributed by atoms with Crippen LogP contribution >= 0.6 is 34.5 Å². The van der Waals surface area contributed by atoms with E-state index in [1.54, 1.807) is 22.6 Å². The number of aromatic nitrogens is 2. The van der Waals surface area contributed by atoms with E-state index in [1.165, 1.54) is 11.3 Å². The molecule has 5 nitrogen and oxygen atoms in total. The highest BCUT2D eigenvalue weighted by Crippen LogP contribution is 2.32. The lowest BCUT2D eigenvalue weighted by Crippen LogP contribution is -2.22. The molecule has 0 spiro atoms. The van der Waals surface area contributed by atoms with Crippen LogP contribution in [0.25, 0.3) is 22.1 Å². The van der Waals surface area contributed by atoms with E-state index >= 15 is 0 Å². The normalized spacial score (nSPS) is 12.0. The second-order valence-electron chi connectivity index (χ2n) is 7.26. The smallest absolute Gasteiger partial charge is 0.274 e. The average Bonchev–Trinajstić information content (AvgIpc) is 3.31. The molecule has 5 rings (SSSR count). The Morgan fingerprint density at radius 3 is 2.58 bits per heavy atom. The molecule has 0 aliphatic heterocycles. The predicted molar refractivity (Wildman–Crippen MR) is 134 cm³/mol. The highest BCUT2D eigenvalue weighted by atomic mass is 35.5. The van der Waals surface area contributed by atoms with Gasteiger partial charge in [0.1, 0.15) is 6.61 Å². The Hall–Kier alpha value is -3.06. The summed E-state index contributed by atoms with van der Waals surface area (Å²) in [5.74, 6) is 1.15. The lowest BCUT2D eigenvalue weighted by Gasteiger charge is -2.14. The molecule has 0 N–H and O–H groups in total. The number of benzene rings is 3. The van der Waals surface area contributed by atoms with Gasteiger partial charge in [-0.25, -0.2) is 9.38 Å². The van der Waals surface area contributed by atoms with Crippen LogP contribution in [0, 0.1) is 0 Å². The topological polar surface area (TPSA) is 52.8 Å². The fourth-order valence-electron chi connectivity index (χ4n) is 3.59. The Kier molecular flexibility index (Phi) is 5.98. The zero-order chi connectivity index (χ0) is 22.9. The number of halogens is 2. The second-order valence-corrected chi connectivity index (χ2v) is 9.09. The third kappa shape index (κ3) is 4.17. The lowest BCUT2D eigenvalue weighted by atomic mass is 10.2. The summed E-state index contributed by atoms with van der Waals surface area (Å²) in [7, 11) is 0. The van der Waals surface area contributed by atoms with Crippen LogP contribution in [0.5, 0.6) is 11.5 Å². The minimum atomic E-state index is -0.0876. The fourth-order valence-corrected chi connectivity index (χ4v) is 5.08. The Balaban J connectivity index is 1.49. The van der Waals surface area contributed by atoms with Gasteiger partial charge >= 0.3 is 0 Å². The van der Waals surface area contributed by atoms with Crippen molar-refractivity contribution in [2.24, 2.45) is 0 Å². The third-order valence-electron chi connectivity index (χ3n) is 5.14. The molecule has 0 radical (unpaired) electrons. The number of hydrogen-bond acceptors (Lipinski definition) is 5. The fraction of sp³-hybridized carbons (Fsp3) is 0.120. The van der Waals surface area contributed by atoms with Gasteiger partial charge in [-0.3, -0.25) is 4.79 Å². The summed E-state index contributed by atoms with van der Waals surface area (Å²) in [5, 5.41) is 1.09. The van der Waals surface area contributed by atoms with Crippen molar-refractivity contribution in [1.29, 1.82) is 0 Å². The highest BCUT2D eigenvalue weighted by Gasteiger charge is 2.12. The van der Waals surface area contributed by atoms with Crippen molar-refractivity contribution in [3.05, 3.63) is 96.7 Å². The van der Waals surface area contributed by atoms with E-state index in [-0.39, 0.29) is 12.2 Å². The molecule has 0 atom stereocenters. The largest absolute Gasteiger partial charge is 0.490 e. The van der Waals surface area contributed by atoms with Crippen LogP contribution in [-0.2, 0) is 6.61 Å². The summed E-state index contributed by atoms with van der Waals surface area (Å²) >= 11 is 13.9. The van der Waals surface area contributed by atoms with Crippen LogP contribution in [-0.4, -0.2) is 16.0 Å². The van der Waals surface area contributed by atoms with E-state index in [4.69, 9.17) is 32.7 Å². The first kappa shape index (κ1) is 21.8. The molecular formula is C25H18Cl2N2O3S. The van der Waals surface area contributed by atoms with Crippen molar-refractivity contribution in [3.8, 4) is 11.5 Å². The van der Waals surface area contributed by atoms with Gasteiger partial charge in [0.05, 0.1) is 22.2 Å². The molecule has 0 aliphatic rings. The zero-order valence-corrected chi connectivity index (χ0v) is 19.9. The van der Waals surface area contributed by atoms with E-state index in [9.17, 15) is 4.79 Å². The predicted octanol–water partition coefficient (Wildman–Crippen LogP) is 5.74. The second kappa shape index (κ2) is 9.06. The zero-order valence-electron chi connectivity index (χ0n) is 17.5. The summed E-state index contributed by atoms with van der Waals surface area (Å²) in [4.78, 5) is 18.3. The number of fused-ring (bicyclic) bond motifs is 3. The molecule has 2 aromatic heterocycles. The quantitative estimate of drug-likeness (QED) is 0.300. The summed E-state index contributed by atoms with van der Waals surface area (Å²) in [6.45, 7) is 2.58. The van der Waals surface area contributed by atoms with Gasteiger partial charge in [0.25, 0.3) is 5.56 Å². The molecule has 33 heavy (non-hydrogen) atoms. The Bertz CT molecular complexity index is 1570. The summed E-state index contributed by atoms with van der Waals surface area (Å²) in [5.41, 5.74) is 3.07. The molecule has 0 bridgehead atoms. The van der Waals surface area contributed by atoms with Gasteiger partial charge in [-0.1, -0.05) is 58.8 Å². The van der Waals surface area contributed by atoms with Gasteiger partial charge in [-0.15, -0.1) is 0 Å². The Labute approximate surface area is 203 Å². The number of rotatable bonds is 6. The molecule has 166 valence electrons. The standard InChI is InChI=1S/C25H18Cl2N2O3S/c1-2-31-22-12-15(10-11-21(22)32-14-16-17(26)6-5-7-18(16)27)13-23-24(30)29-20-9-4-3-8-19(20)28-25(29)33-23/h3-13H,2,14H2,1H3. The van der Waals surface area contributed by atoms with Crippen molar-refractivity contribution in [2.45, 2.75) is 13.5 Å². The van der Waals surface area contributed by atoms with Crippen molar-refractivity contribution in [2.75, 3.05) is 6.61 Å². The number of imidazole rings is 1. The molecule has 0 fully saturated rings. The summed E-state index contributed by atoms with van der Waals surface area (Å²) < 4.78 is 14.0. The summed E-state index contributed by atoms with van der Waals surface area (Å²) in [6, 6.07) is 18.5. The van der Waals surface area contributed by atoms with Gasteiger partial charge in [0.15, 0.2) is 16.5 Å². The highest BCUT2D eigenvalue weighted by molar-refractivity contribution is 7.15. The van der Waals surface area contributed by atoms with Crippen LogP contribution in [0.4, 0.5) is 0 Å². The minimum Gasteiger partial charge on any atom is -0.490 e. The SMILES string of the molecule is CCOc1cc(C=c2sc3nc4ccccc4n3c2=O)ccc1OCc1c(Cl)cccc1Cl. The number of hydrogen-bond donors (Lipinski definition) is 0. The van der Waals surface area contributed by atoms with Gasteiger partial charge in [0.2, 0.25) is 0 Å². The Morgan fingerprint density at radius 2 is 1.79 bits per heavy atom. The molecule has 0 unspecified atom stereocenters. The van der Waals surface area contributed by atoms with Gasteiger partial charge in [-0.05, 0) is 55.0 Å². The Morgan fingerprint density at radius 1 is 1.00 bits per heavy atom. The molecule has 0 amide bonds. The van der Waals surface area contributed by atoms with E-state index in [0.717, 1.165) is 16.6 Å². The maximum Gasteiger partial charge on any atom is 0.274 e. The maximum atomic E-state index is 13.0. The van der Waals surface area contributed by atoms with Crippen LogP contribution < -0.4 is 19.6 Å². The maximum absolute atomic E-state index is 13.0. The third-order valence-corrected chi connectivity index (χ3v) is 6.82. The molecule has 0 saturated heterocycles. The van der Waals surface area contributed by atoms with Gasteiger partial charge in [0, 0.05) is 15.6 Å². The molecular weight excluding hydrogens is 479 g/mol. The summed E-state index contributed by atoms with van der Waals surface area (Å²) in [6.07, 6.45) is 1.84. The van der Waals surface area contributed by atoms with E-state index in [0.29, 0.717) is 43.2 Å². The van der Waals surface area contributed by atoms with E-state index < -0.39 is 0 Å². The number of nitrogens with zero attached hydrogens (tertiary/aromatic N) is 2. The average molecular weight is 497 g/mol. The minimum absolute atomic E-state index is 0.0876. The van der Waals surface area contributed by atoms with Crippen LogP contribution in [0.1, 0.15) is 18.1 Å². The molecule has 3 aromatic carbocycles. The first-order valence-electron chi connectivity index (χ1n) is 10.3. The van der Waals surface area contributed by atoms with Crippen molar-refractivity contribution >= 4 is 56.6 Å². The number of ether oxygens (including phenoxy) is 2. The van der Waals surface area contributed by atoms with Crippen LogP contribution in [0.15, 0.2) is 65.5 Å². The van der Waals surface area contributed by atoms with Crippen LogP contribution in [0.3, 0.4) is 0 Å². The molecule has 8 heteroatoms. The van der Waals surface area contributed by atoms with Crippen molar-refractivity contribution in [3.63, 3.8) is 0 Å². The van der Waals surface area contributed by atoms with Gasteiger partial charge < -0.3 is 9.47 Å². The van der Waals surface area contributed by atoms with Crippen molar-refractivity contribution < 1.29 is 9.47 Å². The first-order chi connectivity index (χ1) is 16.0. The monoisotopic (exact) mass is 496 g/mol. The van der Waals surface area contributed by atoms with Gasteiger partial charge in [-0.2, -0.15) is 0 Å². The molecule has 0 aliphatic carbocycles. The lowest BCUT2D eigenvalue weighted by molar-refractivity contribution is 0.269. The first-order valence-corrected chi connectivity index (χ1v) is 11.9. The van der Waals surface area contributed by atoms with Crippen molar-refractivity contribution in [1.82, 2.24) is 9.38 Å². The van der Waals surface area contributed by atoms with E-state index in [1.807, 2.05) is 55.5 Å². The molecule has 2 heterocycles. The number of thiazole rings is 1. The van der Waals surface area contributed by atoms with E-state index in [2.05, 4.69) is 4.98 Å². The number of para-hydroxylation sites is 2.